The van der Waals surface area contributed by atoms with Crippen LogP contribution in [0.15, 0.2) is 24.7 Å². The third kappa shape index (κ3) is 2.91. The topological polar surface area (TPSA) is 81.2 Å². The zero-order valence-corrected chi connectivity index (χ0v) is 13.7. The highest BCUT2D eigenvalue weighted by atomic mass is 16.5. The number of nitrogens with zero attached hydrogens (tertiary/aromatic N) is 2. The highest BCUT2D eigenvalue weighted by molar-refractivity contribution is 5.95. The molecule has 0 unspecified atom stereocenters. The lowest BCUT2D eigenvalue weighted by Gasteiger charge is -2.26. The van der Waals surface area contributed by atoms with Gasteiger partial charge < -0.3 is 19.8 Å². The van der Waals surface area contributed by atoms with Crippen molar-refractivity contribution in [3.63, 3.8) is 0 Å². The quantitative estimate of drug-likeness (QED) is 0.872. The molecule has 7 nitrogen and oxygen atoms in total. The number of hydrogen-bond acceptors (Lipinski definition) is 4. The van der Waals surface area contributed by atoms with Crippen LogP contribution in [0.5, 0.6) is 5.75 Å². The molecule has 2 fully saturated rings. The van der Waals surface area contributed by atoms with Crippen LogP contribution in [0.25, 0.3) is 0 Å². The van der Waals surface area contributed by atoms with Crippen molar-refractivity contribution in [1.82, 2.24) is 20.1 Å². The molecule has 2 atom stereocenters. The van der Waals surface area contributed by atoms with Crippen LogP contribution >= 0.6 is 0 Å². The van der Waals surface area contributed by atoms with Gasteiger partial charge in [0.05, 0.1) is 37.2 Å². The van der Waals surface area contributed by atoms with Crippen molar-refractivity contribution in [2.24, 2.45) is 7.05 Å². The summed E-state index contributed by atoms with van der Waals surface area (Å²) in [5.74, 6) is 1.11. The normalized spacial score (nSPS) is 23.9. The number of aromatic amines is 1. The molecule has 128 valence electrons. The van der Waals surface area contributed by atoms with Crippen molar-refractivity contribution in [3.05, 3.63) is 35.9 Å². The van der Waals surface area contributed by atoms with Crippen molar-refractivity contribution in [2.75, 3.05) is 13.2 Å². The Bertz CT molecular complexity index is 719. The molecule has 24 heavy (non-hydrogen) atoms. The molecule has 4 rings (SSSR count). The lowest BCUT2D eigenvalue weighted by molar-refractivity contribution is 0.0902. The molecule has 1 amide bonds. The first-order valence-corrected chi connectivity index (χ1v) is 8.42. The van der Waals surface area contributed by atoms with E-state index in [0.29, 0.717) is 24.9 Å². The van der Waals surface area contributed by atoms with Gasteiger partial charge in [0.2, 0.25) is 0 Å². The summed E-state index contributed by atoms with van der Waals surface area (Å²) in [7, 11) is 1.84. The Balaban J connectivity index is 1.42. The van der Waals surface area contributed by atoms with Gasteiger partial charge in [-0.1, -0.05) is 6.42 Å². The minimum atomic E-state index is -0.204. The summed E-state index contributed by atoms with van der Waals surface area (Å²) in [6.45, 7) is 0.919. The van der Waals surface area contributed by atoms with Gasteiger partial charge in [-0.2, -0.15) is 5.10 Å². The standard InChI is InChI=1S/C17H22N4O3/c1-21-8-12(7-19-21)24-15-10-23-9-14(15)20-17(22)13-5-6-18-16(13)11-3-2-4-11/h5-8,11,14-15,18H,2-4,9-10H2,1H3,(H,20,22)/t14-,15+/m0/s1. The number of H-pyrrole nitrogens is 1. The molecule has 1 aliphatic carbocycles. The first-order chi connectivity index (χ1) is 11.7. The average molecular weight is 330 g/mol. The zero-order valence-electron chi connectivity index (χ0n) is 13.7. The van der Waals surface area contributed by atoms with E-state index in [1.807, 2.05) is 19.3 Å². The number of hydrogen-bond donors (Lipinski definition) is 2. The number of carbonyl (C=O) groups is 1. The summed E-state index contributed by atoms with van der Waals surface area (Å²) in [4.78, 5) is 15.9. The number of amides is 1. The van der Waals surface area contributed by atoms with Gasteiger partial charge in [-0.3, -0.25) is 9.48 Å². The van der Waals surface area contributed by atoms with E-state index in [1.165, 1.54) is 6.42 Å². The lowest BCUT2D eigenvalue weighted by atomic mass is 9.81. The van der Waals surface area contributed by atoms with Crippen LogP contribution in [-0.2, 0) is 11.8 Å². The van der Waals surface area contributed by atoms with E-state index in [2.05, 4.69) is 15.4 Å². The van der Waals surface area contributed by atoms with E-state index in [-0.39, 0.29) is 18.1 Å². The number of ether oxygens (including phenoxy) is 2. The molecule has 3 heterocycles. The Labute approximate surface area is 140 Å². The number of rotatable bonds is 5. The number of carbonyl (C=O) groups excluding carboxylic acids is 1. The Hall–Kier alpha value is -2.28. The van der Waals surface area contributed by atoms with Gasteiger partial charge in [-0.05, 0) is 24.8 Å². The van der Waals surface area contributed by atoms with Gasteiger partial charge in [0, 0.05) is 18.9 Å². The third-order valence-corrected chi connectivity index (χ3v) is 4.85. The number of aromatic nitrogens is 3. The molecule has 7 heteroatoms. The van der Waals surface area contributed by atoms with E-state index in [9.17, 15) is 4.79 Å². The summed E-state index contributed by atoms with van der Waals surface area (Å²) in [5, 5.41) is 7.16. The van der Waals surface area contributed by atoms with Crippen LogP contribution in [0.1, 0.15) is 41.2 Å². The molecule has 2 aromatic heterocycles. The summed E-state index contributed by atoms with van der Waals surface area (Å²) in [5.41, 5.74) is 1.80. The molecular formula is C17H22N4O3. The Morgan fingerprint density at radius 1 is 1.46 bits per heavy atom. The number of nitrogens with one attached hydrogen (secondary N) is 2. The SMILES string of the molecule is Cn1cc(O[C@@H]2COC[C@@H]2NC(=O)c2cc[nH]c2C2CCC2)cn1. The maximum atomic E-state index is 12.7. The molecule has 2 N–H and O–H groups in total. The molecule has 1 aliphatic heterocycles. The van der Waals surface area contributed by atoms with Crippen LogP contribution in [0, 0.1) is 0 Å². The van der Waals surface area contributed by atoms with Crippen molar-refractivity contribution < 1.29 is 14.3 Å². The maximum Gasteiger partial charge on any atom is 0.253 e. The summed E-state index contributed by atoms with van der Waals surface area (Å²) >= 11 is 0. The minimum Gasteiger partial charge on any atom is -0.482 e. The smallest absolute Gasteiger partial charge is 0.253 e. The molecule has 0 aromatic carbocycles. The van der Waals surface area contributed by atoms with E-state index in [1.54, 1.807) is 17.1 Å². The molecule has 1 saturated carbocycles. The van der Waals surface area contributed by atoms with E-state index < -0.39 is 0 Å². The van der Waals surface area contributed by atoms with Crippen molar-refractivity contribution in [3.8, 4) is 5.75 Å². The van der Waals surface area contributed by atoms with E-state index in [4.69, 9.17) is 9.47 Å². The van der Waals surface area contributed by atoms with Gasteiger partial charge in [0.15, 0.2) is 5.75 Å². The third-order valence-electron chi connectivity index (χ3n) is 4.85. The maximum absolute atomic E-state index is 12.7. The fourth-order valence-corrected chi connectivity index (χ4v) is 3.28. The van der Waals surface area contributed by atoms with Crippen LogP contribution in [-0.4, -0.2) is 46.0 Å². The molecule has 1 saturated heterocycles. The van der Waals surface area contributed by atoms with Crippen molar-refractivity contribution >= 4 is 5.91 Å². The Kier molecular flexibility index (Phi) is 4.02. The summed E-state index contributed by atoms with van der Waals surface area (Å²) in [6.07, 6.45) is 8.65. The fourth-order valence-electron chi connectivity index (χ4n) is 3.28. The zero-order chi connectivity index (χ0) is 16.5. The van der Waals surface area contributed by atoms with Gasteiger partial charge in [0.1, 0.15) is 6.10 Å². The molecule has 0 radical (unpaired) electrons. The summed E-state index contributed by atoms with van der Waals surface area (Å²) < 4.78 is 13.1. The van der Waals surface area contributed by atoms with Gasteiger partial charge in [-0.15, -0.1) is 0 Å². The fraction of sp³-hybridized carbons (Fsp3) is 0.529. The molecule has 0 bridgehead atoms. The lowest BCUT2D eigenvalue weighted by Crippen LogP contribution is -2.45. The van der Waals surface area contributed by atoms with Gasteiger partial charge >= 0.3 is 0 Å². The number of aryl methyl sites for hydroxylation is 1. The molecule has 2 aromatic rings. The molecule has 0 spiro atoms. The summed E-state index contributed by atoms with van der Waals surface area (Å²) in [6, 6.07) is 1.69. The second kappa shape index (κ2) is 6.32. The second-order valence-corrected chi connectivity index (χ2v) is 6.56. The van der Waals surface area contributed by atoms with E-state index in [0.717, 1.165) is 24.1 Å². The Morgan fingerprint density at radius 2 is 2.33 bits per heavy atom. The minimum absolute atomic E-state index is 0.0616. The van der Waals surface area contributed by atoms with Gasteiger partial charge in [-0.25, -0.2) is 0 Å². The van der Waals surface area contributed by atoms with Crippen LogP contribution in [0.4, 0.5) is 0 Å². The molecule has 2 aliphatic rings. The van der Waals surface area contributed by atoms with Crippen molar-refractivity contribution in [2.45, 2.75) is 37.3 Å². The predicted molar refractivity (Wildman–Crippen MR) is 87.1 cm³/mol. The largest absolute Gasteiger partial charge is 0.482 e. The average Bonchev–Trinajstić information content (AvgIpc) is 3.21. The van der Waals surface area contributed by atoms with Crippen molar-refractivity contribution in [1.29, 1.82) is 0 Å². The highest BCUT2D eigenvalue weighted by Crippen LogP contribution is 2.37. The first kappa shape index (κ1) is 15.3. The highest BCUT2D eigenvalue weighted by Gasteiger charge is 2.33. The van der Waals surface area contributed by atoms with Crippen LogP contribution in [0.2, 0.25) is 0 Å². The molecular weight excluding hydrogens is 308 g/mol. The monoisotopic (exact) mass is 330 g/mol. The van der Waals surface area contributed by atoms with Crippen LogP contribution < -0.4 is 10.1 Å². The van der Waals surface area contributed by atoms with Gasteiger partial charge in [0.25, 0.3) is 5.91 Å². The van der Waals surface area contributed by atoms with Crippen LogP contribution in [0.3, 0.4) is 0 Å². The predicted octanol–water partition coefficient (Wildman–Crippen LogP) is 1.59. The Morgan fingerprint density at radius 3 is 3.04 bits per heavy atom. The second-order valence-electron chi connectivity index (χ2n) is 6.56. The first-order valence-electron chi connectivity index (χ1n) is 8.42. The van der Waals surface area contributed by atoms with E-state index >= 15 is 0 Å².